The number of carbonyl (C=O) groups excluding carboxylic acids is 1. The molecule has 6 nitrogen and oxygen atoms in total. The number of hydrogen-bond acceptors (Lipinski definition) is 5. The highest BCUT2D eigenvalue weighted by Crippen LogP contribution is 2.32. The molecule has 0 saturated heterocycles. The molecule has 0 fully saturated rings. The Morgan fingerprint density at radius 1 is 0.912 bits per heavy atom. The van der Waals surface area contributed by atoms with Crippen molar-refractivity contribution in [3.05, 3.63) is 83.4 Å². The average molecular weight is 502 g/mol. The van der Waals surface area contributed by atoms with Crippen LogP contribution in [-0.2, 0) is 20.2 Å². The molecule has 0 saturated carbocycles. The summed E-state index contributed by atoms with van der Waals surface area (Å²) >= 11 is 5.93. The Hall–Kier alpha value is -3.03. The van der Waals surface area contributed by atoms with E-state index in [1.165, 1.54) is 36.4 Å². The molecule has 3 rings (SSSR count). The van der Waals surface area contributed by atoms with E-state index in [1.54, 1.807) is 18.2 Å². The molecule has 34 heavy (non-hydrogen) atoms. The van der Waals surface area contributed by atoms with Gasteiger partial charge >= 0.3 is 0 Å². The normalized spacial score (nSPS) is 11.7. The van der Waals surface area contributed by atoms with Crippen LogP contribution in [0, 0.1) is 0 Å². The maximum Gasteiger partial charge on any atom is 0.278 e. The predicted molar refractivity (Wildman–Crippen MR) is 134 cm³/mol. The molecule has 180 valence electrons. The van der Waals surface area contributed by atoms with E-state index in [0.717, 1.165) is 9.87 Å². The Balaban J connectivity index is 1.97. The van der Waals surface area contributed by atoms with Crippen molar-refractivity contribution < 1.29 is 22.7 Å². The van der Waals surface area contributed by atoms with Gasteiger partial charge in [0.15, 0.2) is 6.61 Å². The SMILES string of the molecule is CCOc1ccc(N(C(=O)COc2ccccc2C(C)(C)C)S(=O)(=O)c2ccc(Cl)cc2)cc1. The minimum atomic E-state index is -4.23. The Morgan fingerprint density at radius 3 is 2.12 bits per heavy atom. The lowest BCUT2D eigenvalue weighted by Gasteiger charge is -2.25. The lowest BCUT2D eigenvalue weighted by Crippen LogP contribution is -2.40. The molecule has 0 radical (unpaired) electrons. The van der Waals surface area contributed by atoms with E-state index >= 15 is 0 Å². The zero-order valence-electron chi connectivity index (χ0n) is 19.6. The topological polar surface area (TPSA) is 72.9 Å². The minimum absolute atomic E-state index is 0.0609. The minimum Gasteiger partial charge on any atom is -0.494 e. The highest BCUT2D eigenvalue weighted by Gasteiger charge is 2.32. The van der Waals surface area contributed by atoms with E-state index in [2.05, 4.69) is 0 Å². The zero-order valence-corrected chi connectivity index (χ0v) is 21.2. The summed E-state index contributed by atoms with van der Waals surface area (Å²) in [5.74, 6) is 0.361. The number of anilines is 1. The van der Waals surface area contributed by atoms with Gasteiger partial charge in [-0.05, 0) is 72.5 Å². The third kappa shape index (κ3) is 5.90. The van der Waals surface area contributed by atoms with Crippen LogP contribution in [0.15, 0.2) is 77.7 Å². The number of hydrogen-bond donors (Lipinski definition) is 0. The van der Waals surface area contributed by atoms with Gasteiger partial charge in [-0.2, -0.15) is 4.31 Å². The summed E-state index contributed by atoms with van der Waals surface area (Å²) in [6.07, 6.45) is 0. The van der Waals surface area contributed by atoms with Crippen LogP contribution in [0.2, 0.25) is 5.02 Å². The van der Waals surface area contributed by atoms with E-state index in [-0.39, 0.29) is 16.0 Å². The van der Waals surface area contributed by atoms with Crippen molar-refractivity contribution >= 4 is 33.2 Å². The molecule has 3 aromatic carbocycles. The summed E-state index contributed by atoms with van der Waals surface area (Å²) in [6.45, 7) is 7.96. The van der Waals surface area contributed by atoms with E-state index in [0.29, 0.717) is 23.1 Å². The largest absolute Gasteiger partial charge is 0.494 e. The molecule has 0 heterocycles. The summed E-state index contributed by atoms with van der Waals surface area (Å²) in [5.41, 5.74) is 0.871. The van der Waals surface area contributed by atoms with Crippen LogP contribution < -0.4 is 13.8 Å². The fraction of sp³-hybridized carbons (Fsp3) is 0.269. The number of halogens is 1. The molecule has 0 aliphatic heterocycles. The number of rotatable bonds is 8. The van der Waals surface area contributed by atoms with Gasteiger partial charge in [0, 0.05) is 5.02 Å². The molecule has 0 spiro atoms. The van der Waals surface area contributed by atoms with Crippen LogP contribution in [0.5, 0.6) is 11.5 Å². The van der Waals surface area contributed by atoms with Gasteiger partial charge in [-0.1, -0.05) is 50.6 Å². The summed E-state index contributed by atoms with van der Waals surface area (Å²) < 4.78 is 39.1. The van der Waals surface area contributed by atoms with Crippen LogP contribution in [0.1, 0.15) is 33.3 Å². The third-order valence-corrected chi connectivity index (χ3v) is 7.02. The third-order valence-electron chi connectivity index (χ3n) is 5.01. The second-order valence-electron chi connectivity index (χ2n) is 8.58. The van der Waals surface area contributed by atoms with Crippen molar-refractivity contribution in [2.45, 2.75) is 38.0 Å². The standard InChI is InChI=1S/C26H28ClNO5S/c1-5-32-21-14-12-20(13-15-21)28(34(30,31)22-16-10-19(27)11-17-22)25(29)18-33-24-9-7-6-8-23(24)26(2,3)4/h6-17H,5,18H2,1-4H3. The Kier molecular flexibility index (Phi) is 7.89. The Labute approximate surface area is 206 Å². The molecule has 8 heteroatoms. The van der Waals surface area contributed by atoms with E-state index < -0.39 is 22.5 Å². The summed E-state index contributed by atoms with van der Waals surface area (Å²) in [5, 5.41) is 0.389. The maximum atomic E-state index is 13.5. The van der Waals surface area contributed by atoms with Crippen molar-refractivity contribution in [3.63, 3.8) is 0 Å². The van der Waals surface area contributed by atoms with Gasteiger partial charge in [-0.3, -0.25) is 4.79 Å². The van der Waals surface area contributed by atoms with Crippen LogP contribution in [0.3, 0.4) is 0 Å². The van der Waals surface area contributed by atoms with Gasteiger partial charge < -0.3 is 9.47 Å². The van der Waals surface area contributed by atoms with Gasteiger partial charge in [0.2, 0.25) is 0 Å². The van der Waals surface area contributed by atoms with Crippen LogP contribution >= 0.6 is 11.6 Å². The summed E-state index contributed by atoms with van der Waals surface area (Å²) in [6, 6.07) is 19.3. The summed E-state index contributed by atoms with van der Waals surface area (Å²) in [4.78, 5) is 13.3. The second kappa shape index (κ2) is 10.5. The van der Waals surface area contributed by atoms with Crippen molar-refractivity contribution in [3.8, 4) is 11.5 Å². The Morgan fingerprint density at radius 2 is 1.53 bits per heavy atom. The van der Waals surface area contributed by atoms with E-state index in [9.17, 15) is 13.2 Å². The number of para-hydroxylation sites is 1. The first-order chi connectivity index (χ1) is 16.0. The first kappa shape index (κ1) is 25.6. The van der Waals surface area contributed by atoms with E-state index in [4.69, 9.17) is 21.1 Å². The fourth-order valence-corrected chi connectivity index (χ4v) is 4.92. The van der Waals surface area contributed by atoms with Gasteiger partial charge in [0.05, 0.1) is 17.2 Å². The quantitative estimate of drug-likeness (QED) is 0.388. The lowest BCUT2D eigenvalue weighted by atomic mass is 9.86. The monoisotopic (exact) mass is 501 g/mol. The first-order valence-corrected chi connectivity index (χ1v) is 12.6. The molecule has 0 N–H and O–H groups in total. The molecule has 3 aromatic rings. The molecule has 0 aromatic heterocycles. The first-order valence-electron chi connectivity index (χ1n) is 10.8. The zero-order chi connectivity index (χ0) is 24.9. The van der Waals surface area contributed by atoms with Crippen molar-refractivity contribution in [1.82, 2.24) is 0 Å². The molecule has 0 aliphatic rings. The molecule has 0 bridgehead atoms. The molecule has 0 unspecified atom stereocenters. The summed E-state index contributed by atoms with van der Waals surface area (Å²) in [7, 11) is -4.23. The highest BCUT2D eigenvalue weighted by molar-refractivity contribution is 7.93. The van der Waals surface area contributed by atoms with Gasteiger partial charge in [0.25, 0.3) is 15.9 Å². The van der Waals surface area contributed by atoms with Crippen molar-refractivity contribution in [2.75, 3.05) is 17.5 Å². The lowest BCUT2D eigenvalue weighted by molar-refractivity contribution is -0.119. The molecule has 0 atom stereocenters. The number of sulfonamides is 1. The number of nitrogens with zero attached hydrogens (tertiary/aromatic N) is 1. The van der Waals surface area contributed by atoms with Crippen molar-refractivity contribution in [1.29, 1.82) is 0 Å². The smallest absolute Gasteiger partial charge is 0.278 e. The molecule has 0 aliphatic carbocycles. The average Bonchev–Trinajstić information content (AvgIpc) is 2.79. The van der Waals surface area contributed by atoms with Crippen LogP contribution in [0.25, 0.3) is 0 Å². The van der Waals surface area contributed by atoms with Gasteiger partial charge in [-0.15, -0.1) is 0 Å². The van der Waals surface area contributed by atoms with Gasteiger partial charge in [-0.25, -0.2) is 8.42 Å². The number of amides is 1. The number of ether oxygens (including phenoxy) is 2. The Bertz CT molecular complexity index is 1230. The molecular weight excluding hydrogens is 474 g/mol. The fourth-order valence-electron chi connectivity index (χ4n) is 3.38. The number of carbonyl (C=O) groups is 1. The van der Waals surface area contributed by atoms with Crippen LogP contribution in [0.4, 0.5) is 5.69 Å². The maximum absolute atomic E-state index is 13.5. The molecular formula is C26H28ClNO5S. The molecule has 1 amide bonds. The van der Waals surface area contributed by atoms with Crippen molar-refractivity contribution in [2.24, 2.45) is 0 Å². The van der Waals surface area contributed by atoms with E-state index in [1.807, 2.05) is 45.9 Å². The van der Waals surface area contributed by atoms with Gasteiger partial charge in [0.1, 0.15) is 11.5 Å². The second-order valence-corrected chi connectivity index (χ2v) is 10.8. The predicted octanol–water partition coefficient (Wildman–Crippen LogP) is 5.84. The highest BCUT2D eigenvalue weighted by atomic mass is 35.5. The number of benzene rings is 3. The van der Waals surface area contributed by atoms with Crippen LogP contribution in [-0.4, -0.2) is 27.5 Å².